The molecule has 1 aliphatic heterocycles. The van der Waals surface area contributed by atoms with E-state index in [1.165, 1.54) is 11.1 Å². The molecule has 0 saturated heterocycles. The van der Waals surface area contributed by atoms with Crippen molar-refractivity contribution in [3.05, 3.63) is 77.4 Å². The molecule has 0 atom stereocenters. The summed E-state index contributed by atoms with van der Waals surface area (Å²) in [4.78, 5) is 13.4. The lowest BCUT2D eigenvalue weighted by Crippen LogP contribution is -2.00. The molecule has 118 valence electrons. The summed E-state index contributed by atoms with van der Waals surface area (Å²) >= 11 is 0. The van der Waals surface area contributed by atoms with Crippen molar-refractivity contribution in [2.45, 2.75) is 19.8 Å². The molecule has 0 saturated carbocycles. The second-order valence-corrected chi connectivity index (χ2v) is 5.85. The molecule has 5 nitrogen and oxygen atoms in total. The van der Waals surface area contributed by atoms with E-state index in [4.69, 9.17) is 0 Å². The maximum absolute atomic E-state index is 4.64. The van der Waals surface area contributed by atoms with Crippen LogP contribution >= 0.6 is 0 Å². The van der Waals surface area contributed by atoms with Crippen LogP contribution in [0.15, 0.2) is 59.9 Å². The van der Waals surface area contributed by atoms with Gasteiger partial charge < -0.3 is 0 Å². The molecule has 1 aromatic carbocycles. The van der Waals surface area contributed by atoms with Crippen molar-refractivity contribution in [3.63, 3.8) is 0 Å². The van der Waals surface area contributed by atoms with Gasteiger partial charge in [-0.3, -0.25) is 10.1 Å². The number of aromatic nitrogens is 4. The van der Waals surface area contributed by atoms with Crippen LogP contribution in [0.1, 0.15) is 28.9 Å². The zero-order chi connectivity index (χ0) is 16.4. The molecule has 0 fully saturated rings. The van der Waals surface area contributed by atoms with Gasteiger partial charge in [-0.2, -0.15) is 5.10 Å². The number of nitrogens with zero attached hydrogens (tertiary/aromatic N) is 4. The Hall–Kier alpha value is -3.08. The third-order valence-electron chi connectivity index (χ3n) is 3.94. The normalized spacial score (nSPS) is 13.3. The van der Waals surface area contributed by atoms with Crippen LogP contribution in [0, 0.1) is 6.92 Å². The summed E-state index contributed by atoms with van der Waals surface area (Å²) in [6, 6.07) is 12.4. The zero-order valence-corrected chi connectivity index (χ0v) is 13.4. The van der Waals surface area contributed by atoms with E-state index in [-0.39, 0.29) is 0 Å². The number of hydrogen-bond acceptors (Lipinski definition) is 4. The van der Waals surface area contributed by atoms with Gasteiger partial charge in [0.2, 0.25) is 0 Å². The van der Waals surface area contributed by atoms with Gasteiger partial charge in [0.05, 0.1) is 5.71 Å². The van der Waals surface area contributed by atoms with Crippen molar-refractivity contribution in [2.24, 2.45) is 4.99 Å². The fourth-order valence-electron chi connectivity index (χ4n) is 2.77. The molecule has 4 rings (SSSR count). The van der Waals surface area contributed by atoms with E-state index < -0.39 is 0 Å². The molecule has 3 heterocycles. The van der Waals surface area contributed by atoms with Crippen molar-refractivity contribution >= 4 is 5.71 Å². The van der Waals surface area contributed by atoms with Gasteiger partial charge in [0, 0.05) is 36.6 Å². The van der Waals surface area contributed by atoms with Gasteiger partial charge in [-0.1, -0.05) is 24.3 Å². The van der Waals surface area contributed by atoms with E-state index in [1.807, 2.05) is 25.3 Å². The first kappa shape index (κ1) is 14.5. The fraction of sp³-hybridized carbons (Fsp3) is 0.158. The minimum Gasteiger partial charge on any atom is -0.282 e. The minimum atomic E-state index is 0.650. The first-order valence-corrected chi connectivity index (χ1v) is 7.93. The third-order valence-corrected chi connectivity index (χ3v) is 3.94. The van der Waals surface area contributed by atoms with Gasteiger partial charge in [-0.25, -0.2) is 9.97 Å². The van der Waals surface area contributed by atoms with Crippen LogP contribution in [0.25, 0.3) is 11.5 Å². The molecule has 1 N–H and O–H groups in total. The topological polar surface area (TPSA) is 66.8 Å². The second kappa shape index (κ2) is 6.20. The molecule has 0 amide bonds. The Balaban J connectivity index is 1.58. The van der Waals surface area contributed by atoms with Crippen molar-refractivity contribution in [3.8, 4) is 11.5 Å². The van der Waals surface area contributed by atoms with Gasteiger partial charge in [-0.05, 0) is 36.2 Å². The van der Waals surface area contributed by atoms with Crippen LogP contribution in [0.5, 0.6) is 0 Å². The molecule has 0 unspecified atom stereocenters. The van der Waals surface area contributed by atoms with Crippen LogP contribution in [0.3, 0.4) is 0 Å². The van der Waals surface area contributed by atoms with Crippen LogP contribution in [-0.4, -0.2) is 25.9 Å². The van der Waals surface area contributed by atoms with Gasteiger partial charge >= 0.3 is 0 Å². The maximum Gasteiger partial charge on any atom is 0.180 e. The van der Waals surface area contributed by atoms with E-state index in [1.54, 1.807) is 6.20 Å². The monoisotopic (exact) mass is 315 g/mol. The molecule has 0 bridgehead atoms. The Kier molecular flexibility index (Phi) is 3.75. The smallest absolute Gasteiger partial charge is 0.180 e. The molecular formula is C19H17N5. The van der Waals surface area contributed by atoms with Crippen LogP contribution in [0.2, 0.25) is 0 Å². The Labute approximate surface area is 140 Å². The first-order valence-electron chi connectivity index (χ1n) is 7.93. The number of aryl methyl sites for hydroxylation is 1. The molecule has 2 aromatic heterocycles. The Bertz CT molecular complexity index is 936. The average Bonchev–Trinajstić information content (AvgIpc) is 3.27. The molecular weight excluding hydrogens is 298 g/mol. The Morgan fingerprint density at radius 2 is 2.12 bits per heavy atom. The number of aromatic amines is 1. The number of benzene rings is 1. The molecule has 3 aromatic rings. The van der Waals surface area contributed by atoms with Gasteiger partial charge in [0.15, 0.2) is 5.82 Å². The molecule has 0 aliphatic carbocycles. The molecule has 0 spiro atoms. The number of nitrogens with one attached hydrogen (secondary N) is 1. The van der Waals surface area contributed by atoms with Crippen molar-refractivity contribution in [2.75, 3.05) is 0 Å². The van der Waals surface area contributed by atoms with E-state index >= 15 is 0 Å². The summed E-state index contributed by atoms with van der Waals surface area (Å²) in [7, 11) is 0. The molecule has 0 radical (unpaired) electrons. The van der Waals surface area contributed by atoms with E-state index in [0.29, 0.717) is 5.82 Å². The quantitative estimate of drug-likeness (QED) is 0.801. The van der Waals surface area contributed by atoms with Gasteiger partial charge in [-0.15, -0.1) is 0 Å². The highest BCUT2D eigenvalue weighted by molar-refractivity contribution is 6.03. The van der Waals surface area contributed by atoms with E-state index in [0.717, 1.165) is 35.6 Å². The predicted octanol–water partition coefficient (Wildman–Crippen LogP) is 3.47. The highest BCUT2D eigenvalue weighted by Crippen LogP contribution is 2.17. The number of aliphatic imine (C=N–C) groups is 1. The summed E-state index contributed by atoms with van der Waals surface area (Å²) in [6.45, 7) is 1.96. The number of rotatable bonds is 4. The van der Waals surface area contributed by atoms with Crippen molar-refractivity contribution in [1.82, 2.24) is 20.2 Å². The van der Waals surface area contributed by atoms with Crippen LogP contribution < -0.4 is 0 Å². The van der Waals surface area contributed by atoms with Crippen molar-refractivity contribution in [1.29, 1.82) is 0 Å². The van der Waals surface area contributed by atoms with Crippen LogP contribution in [0.4, 0.5) is 0 Å². The third kappa shape index (κ3) is 3.01. The minimum absolute atomic E-state index is 0.650. The zero-order valence-electron chi connectivity index (χ0n) is 13.4. The predicted molar refractivity (Wildman–Crippen MR) is 93.9 cm³/mol. The highest BCUT2D eigenvalue weighted by Gasteiger charge is 2.09. The number of allylic oxidation sites excluding steroid dienone is 1. The highest BCUT2D eigenvalue weighted by atomic mass is 15.1. The summed E-state index contributed by atoms with van der Waals surface area (Å²) in [5, 5.41) is 7.15. The molecule has 5 heteroatoms. The molecule has 24 heavy (non-hydrogen) atoms. The largest absolute Gasteiger partial charge is 0.282 e. The SMILES string of the molecule is Cc1cc(-c2nccc(Cc3cccc(C4=NC=CC4)c3)n2)n[nH]1. The lowest BCUT2D eigenvalue weighted by atomic mass is 10.0. The number of H-pyrrole nitrogens is 1. The first-order chi connectivity index (χ1) is 11.8. The average molecular weight is 315 g/mol. The summed E-state index contributed by atoms with van der Waals surface area (Å²) in [5.74, 6) is 0.650. The summed E-state index contributed by atoms with van der Waals surface area (Å²) < 4.78 is 0. The summed E-state index contributed by atoms with van der Waals surface area (Å²) in [5.41, 5.74) is 6.25. The van der Waals surface area contributed by atoms with Crippen molar-refractivity contribution < 1.29 is 0 Å². The standard InChI is InChI=1S/C19H17N5/c1-13-10-18(24-23-13)19-21-9-7-16(22-19)12-14-4-2-5-15(11-14)17-6-3-8-20-17/h2-5,7-11H,6,12H2,1H3,(H,23,24). The van der Waals surface area contributed by atoms with Crippen LogP contribution in [-0.2, 0) is 6.42 Å². The van der Waals surface area contributed by atoms with E-state index in [2.05, 4.69) is 55.5 Å². The fourth-order valence-corrected chi connectivity index (χ4v) is 2.77. The maximum atomic E-state index is 4.64. The van der Waals surface area contributed by atoms with Gasteiger partial charge in [0.25, 0.3) is 0 Å². The number of hydrogen-bond donors (Lipinski definition) is 1. The summed E-state index contributed by atoms with van der Waals surface area (Å²) in [6.07, 6.45) is 7.39. The lowest BCUT2D eigenvalue weighted by Gasteiger charge is -2.06. The lowest BCUT2D eigenvalue weighted by molar-refractivity contribution is 1.00. The molecule has 1 aliphatic rings. The van der Waals surface area contributed by atoms with E-state index in [9.17, 15) is 0 Å². The Morgan fingerprint density at radius 3 is 2.92 bits per heavy atom. The Morgan fingerprint density at radius 1 is 1.17 bits per heavy atom. The van der Waals surface area contributed by atoms with Gasteiger partial charge in [0.1, 0.15) is 5.69 Å². The second-order valence-electron chi connectivity index (χ2n) is 5.85.